The lowest BCUT2D eigenvalue weighted by molar-refractivity contribution is 0.460. The molecular formula is C44H44N3O6S2-. The van der Waals surface area contributed by atoms with Gasteiger partial charge in [-0.15, -0.1) is 0 Å². The Morgan fingerprint density at radius 2 is 0.964 bits per heavy atom. The molecule has 0 spiro atoms. The molecule has 0 bridgehead atoms. The van der Waals surface area contributed by atoms with Crippen molar-refractivity contribution in [2.45, 2.75) is 67.6 Å². The number of fused-ring (bicyclic) bond motifs is 2. The van der Waals surface area contributed by atoms with Crippen molar-refractivity contribution in [2.75, 3.05) is 23.9 Å². The molecule has 0 N–H and O–H groups in total. The van der Waals surface area contributed by atoms with Gasteiger partial charge in [-0.1, -0.05) is 76.2 Å². The fourth-order valence-corrected chi connectivity index (χ4v) is 9.38. The molecule has 0 atom stereocenters. The van der Waals surface area contributed by atoms with Crippen molar-refractivity contribution in [1.82, 2.24) is 4.58 Å². The van der Waals surface area contributed by atoms with Crippen LogP contribution in [0.15, 0.2) is 154 Å². The molecule has 2 aliphatic heterocycles. The zero-order chi connectivity index (χ0) is 39.5. The number of likely N-dealkylation sites (N-methyl/N-ethyl adjacent to an activating group) is 2. The minimum Gasteiger partial charge on any atom is -0.744 e. The number of allylic oxidation sites excluding steroid dienone is 8. The molecule has 3 aliphatic rings. The van der Waals surface area contributed by atoms with Crippen LogP contribution in [0.25, 0.3) is 0 Å². The van der Waals surface area contributed by atoms with E-state index in [0.717, 1.165) is 81.4 Å². The van der Waals surface area contributed by atoms with Gasteiger partial charge in [0.05, 0.1) is 9.79 Å². The van der Waals surface area contributed by atoms with Crippen LogP contribution in [0.1, 0.15) is 58.1 Å². The van der Waals surface area contributed by atoms with Crippen molar-refractivity contribution in [2.24, 2.45) is 0 Å². The van der Waals surface area contributed by atoms with E-state index in [1.807, 2.05) is 78.2 Å². The highest BCUT2D eigenvalue weighted by atomic mass is 32.2. The molecule has 284 valence electrons. The van der Waals surface area contributed by atoms with E-state index in [4.69, 9.17) is 0 Å². The third-order valence-electron chi connectivity index (χ3n) is 11.2. The third-order valence-corrected chi connectivity index (χ3v) is 12.9. The highest BCUT2D eigenvalue weighted by Crippen LogP contribution is 2.49. The summed E-state index contributed by atoms with van der Waals surface area (Å²) >= 11 is 0. The van der Waals surface area contributed by atoms with Crippen LogP contribution in [0, 0.1) is 0 Å². The molecule has 1 fully saturated rings. The van der Waals surface area contributed by atoms with Crippen molar-refractivity contribution in [3.05, 3.63) is 155 Å². The van der Waals surface area contributed by atoms with Gasteiger partial charge in [-0.05, 0) is 78.9 Å². The number of hydrogen-bond donors (Lipinski definition) is 0. The second-order valence-corrected chi connectivity index (χ2v) is 18.1. The van der Waals surface area contributed by atoms with Crippen molar-refractivity contribution in [1.29, 1.82) is 0 Å². The summed E-state index contributed by atoms with van der Waals surface area (Å²) < 4.78 is 74.0. The number of anilines is 2. The van der Waals surface area contributed by atoms with Crippen molar-refractivity contribution in [3.8, 4) is 0 Å². The van der Waals surface area contributed by atoms with Crippen LogP contribution in [-0.4, -0.2) is 45.7 Å². The molecule has 1 aliphatic carbocycles. The van der Waals surface area contributed by atoms with Crippen molar-refractivity contribution < 1.29 is 25.9 Å². The van der Waals surface area contributed by atoms with Crippen LogP contribution in [0.3, 0.4) is 0 Å². The van der Waals surface area contributed by atoms with Gasteiger partial charge in [0, 0.05) is 83.1 Å². The third kappa shape index (κ3) is 6.90. The second-order valence-electron chi connectivity index (χ2n) is 15.3. The van der Waals surface area contributed by atoms with E-state index in [0.29, 0.717) is 0 Å². The maximum Gasteiger partial charge on any atom is 0.218 e. The van der Waals surface area contributed by atoms with Crippen LogP contribution in [0.2, 0.25) is 0 Å². The highest BCUT2D eigenvalue weighted by molar-refractivity contribution is 7.86. The fourth-order valence-electron chi connectivity index (χ4n) is 8.39. The molecule has 9 nitrogen and oxygen atoms in total. The number of hydrogen-bond acceptors (Lipinski definition) is 8. The molecular weight excluding hydrogens is 731 g/mol. The van der Waals surface area contributed by atoms with Gasteiger partial charge in [0.15, 0.2) is 0 Å². The first-order valence-corrected chi connectivity index (χ1v) is 21.0. The van der Waals surface area contributed by atoms with E-state index in [1.54, 1.807) is 12.1 Å². The zero-order valence-electron chi connectivity index (χ0n) is 31.8. The molecule has 0 unspecified atom stereocenters. The van der Waals surface area contributed by atoms with E-state index in [9.17, 15) is 25.9 Å². The Labute approximate surface area is 324 Å². The lowest BCUT2D eigenvalue weighted by Gasteiger charge is -2.25. The Balaban J connectivity index is 1.41. The number of nitrogens with zero attached hydrogens (tertiary/aromatic N) is 3. The summed E-state index contributed by atoms with van der Waals surface area (Å²) in [6.45, 7) is 8.16. The Morgan fingerprint density at radius 3 is 1.33 bits per heavy atom. The molecule has 1 saturated carbocycles. The fraction of sp³-hybridized carbons (Fsp3) is 0.250. The van der Waals surface area contributed by atoms with Gasteiger partial charge < -0.3 is 18.9 Å². The molecule has 4 aromatic carbocycles. The second kappa shape index (κ2) is 13.9. The Hall–Kier alpha value is -5.07. The Kier molecular flexibility index (Phi) is 9.66. The standard InChI is InChI=1S/C44H45N3O6S2/c1-43(2)36-28-34(54(48,49)50)22-24-38(36)45(5)40(43)26-20-30-14-13-15-31(42(30)47(32-16-9-7-10-17-32)33-18-11-8-12-19-33)21-27-41-44(3,4)37-29-35(55(51,52)53)23-25-39(37)46(41)6/h7-12,16-29H,13-15H2,1-6H3,(H-,48,49,50,51,52,53)/p-1. The van der Waals surface area contributed by atoms with Crippen molar-refractivity contribution in [3.63, 3.8) is 0 Å². The molecule has 2 heterocycles. The molecule has 4 aromatic rings. The highest BCUT2D eigenvalue weighted by Gasteiger charge is 2.40. The average Bonchev–Trinajstić information content (AvgIpc) is 3.46. The lowest BCUT2D eigenvalue weighted by atomic mass is 9.82. The molecule has 55 heavy (non-hydrogen) atoms. The van der Waals surface area contributed by atoms with Crippen LogP contribution in [-0.2, 0) is 31.1 Å². The first-order chi connectivity index (χ1) is 25.9. The smallest absolute Gasteiger partial charge is 0.218 e. The average molecular weight is 775 g/mol. The predicted molar refractivity (Wildman–Crippen MR) is 217 cm³/mol. The van der Waals surface area contributed by atoms with Gasteiger partial charge in [0.1, 0.15) is 20.2 Å². The molecule has 0 aromatic heterocycles. The topological polar surface area (TPSA) is 124 Å². The summed E-state index contributed by atoms with van der Waals surface area (Å²) in [5.41, 5.74) is 9.27. The normalized spacial score (nSPS) is 20.8. The summed E-state index contributed by atoms with van der Waals surface area (Å²) in [5, 5.41) is 0. The number of benzene rings is 4. The first-order valence-electron chi connectivity index (χ1n) is 18.2. The quantitative estimate of drug-likeness (QED) is 0.141. The van der Waals surface area contributed by atoms with Gasteiger partial charge in [-0.2, -0.15) is 4.58 Å². The largest absolute Gasteiger partial charge is 0.744 e. The Bertz CT molecular complexity index is 2410. The molecule has 0 saturated heterocycles. The summed E-state index contributed by atoms with van der Waals surface area (Å²) in [7, 11) is -5.32. The Morgan fingerprint density at radius 1 is 0.582 bits per heavy atom. The van der Waals surface area contributed by atoms with Crippen LogP contribution < -0.4 is 14.4 Å². The van der Waals surface area contributed by atoms with E-state index in [-0.39, 0.29) is 9.79 Å². The summed E-state index contributed by atoms with van der Waals surface area (Å²) in [5.74, 6) is 0. The van der Waals surface area contributed by atoms with E-state index in [1.165, 1.54) is 24.3 Å². The summed E-state index contributed by atoms with van der Waals surface area (Å²) in [6.07, 6.45) is 11.1. The number of rotatable bonds is 6. The minimum atomic E-state index is -4.62. The summed E-state index contributed by atoms with van der Waals surface area (Å²) in [4.78, 5) is 3.64. The van der Waals surface area contributed by atoms with Crippen LogP contribution in [0.5, 0.6) is 0 Å². The molecule has 11 heteroatoms. The van der Waals surface area contributed by atoms with Gasteiger partial charge in [0.2, 0.25) is 17.1 Å². The minimum absolute atomic E-state index is 0.240. The van der Waals surface area contributed by atoms with E-state index >= 15 is 0 Å². The van der Waals surface area contributed by atoms with Crippen LogP contribution >= 0.6 is 0 Å². The van der Waals surface area contributed by atoms with Gasteiger partial charge >= 0.3 is 0 Å². The predicted octanol–water partition coefficient (Wildman–Crippen LogP) is 8.43. The summed E-state index contributed by atoms with van der Waals surface area (Å²) in [6, 6.07) is 29.6. The lowest BCUT2D eigenvalue weighted by Crippen LogP contribution is -2.26. The monoisotopic (exact) mass is 774 g/mol. The van der Waals surface area contributed by atoms with Gasteiger partial charge in [-0.3, -0.25) is 0 Å². The first kappa shape index (κ1) is 38.2. The van der Waals surface area contributed by atoms with Gasteiger partial charge in [0.25, 0.3) is 0 Å². The van der Waals surface area contributed by atoms with Crippen molar-refractivity contribution >= 4 is 48.7 Å². The maximum atomic E-state index is 12.0. The molecule has 0 radical (unpaired) electrons. The van der Waals surface area contributed by atoms with E-state index in [2.05, 4.69) is 62.9 Å². The maximum absolute atomic E-state index is 12.0. The zero-order valence-corrected chi connectivity index (χ0v) is 33.4. The van der Waals surface area contributed by atoms with Gasteiger partial charge in [-0.25, -0.2) is 16.8 Å². The van der Waals surface area contributed by atoms with Crippen LogP contribution in [0.4, 0.5) is 22.7 Å². The molecule has 7 rings (SSSR count). The SMILES string of the molecule is CN1/C(=C\C=C2/CCC/C(=C\C=C3/N(C)c4ccc(S(=O)(=O)[O-])cc4C3(C)C)C2=[N+](c2ccccc2)c2ccccc2)C(C)(C)c2cc(S(=O)(=O)[O-])ccc21. The van der Waals surface area contributed by atoms with E-state index < -0.39 is 31.1 Å². The number of para-hydroxylation sites is 2. The molecule has 0 amide bonds.